The lowest BCUT2D eigenvalue weighted by Gasteiger charge is -2.15. The molecule has 1 aromatic carbocycles. The topological polar surface area (TPSA) is 105 Å². The SMILES string of the molecule is COc1cn(CC(=O)NCc2ccc3c(c2)OCO3)c(CSc2nccc(C)n2)cc1=O. The first-order valence-corrected chi connectivity index (χ1v) is 10.9. The number of rotatable bonds is 8. The summed E-state index contributed by atoms with van der Waals surface area (Å²) in [4.78, 5) is 33.5. The maximum absolute atomic E-state index is 12.6. The number of aryl methyl sites for hydroxylation is 1. The number of aromatic nitrogens is 3. The zero-order valence-corrected chi connectivity index (χ0v) is 18.5. The third kappa shape index (κ3) is 5.20. The number of fused-ring (bicyclic) bond motifs is 1. The third-order valence-corrected chi connectivity index (χ3v) is 5.66. The normalized spacial score (nSPS) is 11.9. The molecule has 1 aliphatic heterocycles. The van der Waals surface area contributed by atoms with Gasteiger partial charge in [-0.1, -0.05) is 17.8 Å². The first-order chi connectivity index (χ1) is 15.5. The molecule has 10 heteroatoms. The summed E-state index contributed by atoms with van der Waals surface area (Å²) in [6, 6.07) is 8.83. The second-order valence-corrected chi connectivity index (χ2v) is 8.00. The summed E-state index contributed by atoms with van der Waals surface area (Å²) in [5.41, 5.74) is 2.18. The Hall–Kier alpha value is -3.53. The van der Waals surface area contributed by atoms with Crippen LogP contribution < -0.4 is 25.0 Å². The van der Waals surface area contributed by atoms with Gasteiger partial charge in [0.25, 0.3) is 0 Å². The molecule has 0 spiro atoms. The van der Waals surface area contributed by atoms with Crippen LogP contribution in [0.2, 0.25) is 0 Å². The molecule has 4 rings (SSSR count). The molecule has 32 heavy (non-hydrogen) atoms. The third-order valence-electron chi connectivity index (χ3n) is 4.76. The molecule has 1 aliphatic rings. The Bertz CT molecular complexity index is 1200. The maximum Gasteiger partial charge on any atom is 0.240 e. The van der Waals surface area contributed by atoms with Gasteiger partial charge in [0.1, 0.15) is 6.54 Å². The quantitative estimate of drug-likeness (QED) is 0.408. The second kappa shape index (κ2) is 9.73. The van der Waals surface area contributed by atoms with E-state index in [2.05, 4.69) is 15.3 Å². The molecule has 1 N–H and O–H groups in total. The number of nitrogens with one attached hydrogen (secondary N) is 1. The molecular weight excluding hydrogens is 432 g/mol. The minimum Gasteiger partial charge on any atom is -0.491 e. The van der Waals surface area contributed by atoms with E-state index in [1.54, 1.807) is 17.0 Å². The van der Waals surface area contributed by atoms with Gasteiger partial charge in [-0.15, -0.1) is 0 Å². The number of methoxy groups -OCH3 is 1. The predicted octanol–water partition coefficient (Wildman–Crippen LogP) is 2.29. The number of carbonyl (C=O) groups is 1. The average Bonchev–Trinajstić information content (AvgIpc) is 3.25. The molecule has 0 atom stereocenters. The molecule has 3 aromatic rings. The van der Waals surface area contributed by atoms with Crippen molar-refractivity contribution in [2.75, 3.05) is 13.9 Å². The molecule has 9 nitrogen and oxygen atoms in total. The van der Waals surface area contributed by atoms with Crippen molar-refractivity contribution in [1.29, 1.82) is 0 Å². The molecule has 0 saturated heterocycles. The average molecular weight is 455 g/mol. The van der Waals surface area contributed by atoms with Crippen LogP contribution in [0.3, 0.4) is 0 Å². The van der Waals surface area contributed by atoms with Crippen molar-refractivity contribution in [3.05, 3.63) is 69.9 Å². The van der Waals surface area contributed by atoms with Crippen LogP contribution in [0.25, 0.3) is 0 Å². The first-order valence-electron chi connectivity index (χ1n) is 9.87. The van der Waals surface area contributed by atoms with E-state index in [9.17, 15) is 9.59 Å². The van der Waals surface area contributed by atoms with E-state index in [1.807, 2.05) is 31.2 Å². The van der Waals surface area contributed by atoms with Crippen LogP contribution in [0.5, 0.6) is 17.2 Å². The van der Waals surface area contributed by atoms with Gasteiger partial charge in [0.2, 0.25) is 18.1 Å². The van der Waals surface area contributed by atoms with E-state index in [0.717, 1.165) is 11.3 Å². The Morgan fingerprint density at radius 3 is 2.91 bits per heavy atom. The molecule has 0 saturated carbocycles. The van der Waals surface area contributed by atoms with Gasteiger partial charge in [0, 0.05) is 35.9 Å². The van der Waals surface area contributed by atoms with Gasteiger partial charge in [0.15, 0.2) is 22.4 Å². The van der Waals surface area contributed by atoms with Crippen molar-refractivity contribution in [2.24, 2.45) is 0 Å². The molecule has 0 bridgehead atoms. The Morgan fingerprint density at radius 1 is 1.25 bits per heavy atom. The van der Waals surface area contributed by atoms with Gasteiger partial charge < -0.3 is 24.1 Å². The molecule has 0 aliphatic carbocycles. The molecule has 166 valence electrons. The smallest absolute Gasteiger partial charge is 0.240 e. The zero-order chi connectivity index (χ0) is 22.5. The standard InChI is InChI=1S/C22H22N4O5S/c1-14-5-6-23-22(25-14)32-12-16-8-17(27)20(29-2)10-26(16)11-21(28)24-9-15-3-4-18-19(7-15)31-13-30-18/h3-8,10H,9,11-13H2,1-2H3,(H,24,28). The van der Waals surface area contributed by atoms with E-state index < -0.39 is 0 Å². The van der Waals surface area contributed by atoms with Crippen LogP contribution in [0.4, 0.5) is 0 Å². The second-order valence-electron chi connectivity index (χ2n) is 7.06. The number of nitrogens with zero attached hydrogens (tertiary/aromatic N) is 3. The van der Waals surface area contributed by atoms with Gasteiger partial charge in [-0.2, -0.15) is 0 Å². The Morgan fingerprint density at radius 2 is 2.09 bits per heavy atom. The number of hydrogen-bond acceptors (Lipinski definition) is 8. The first kappa shape index (κ1) is 21.7. The van der Waals surface area contributed by atoms with Crippen molar-refractivity contribution < 1.29 is 19.0 Å². The fourth-order valence-electron chi connectivity index (χ4n) is 3.11. The molecular formula is C22H22N4O5S. The highest BCUT2D eigenvalue weighted by Crippen LogP contribution is 2.32. The van der Waals surface area contributed by atoms with Crippen LogP contribution in [-0.4, -0.2) is 34.3 Å². The van der Waals surface area contributed by atoms with E-state index >= 15 is 0 Å². The molecule has 2 aromatic heterocycles. The van der Waals surface area contributed by atoms with E-state index in [1.165, 1.54) is 24.9 Å². The number of carbonyl (C=O) groups excluding carboxylic acids is 1. The van der Waals surface area contributed by atoms with E-state index in [0.29, 0.717) is 34.6 Å². The molecule has 3 heterocycles. The van der Waals surface area contributed by atoms with Crippen LogP contribution >= 0.6 is 11.8 Å². The summed E-state index contributed by atoms with van der Waals surface area (Å²) < 4.78 is 17.5. The Labute approximate surface area is 188 Å². The van der Waals surface area contributed by atoms with Crippen molar-refractivity contribution >= 4 is 17.7 Å². The fraction of sp³-hybridized carbons (Fsp3) is 0.273. The summed E-state index contributed by atoms with van der Waals surface area (Å²) in [5.74, 6) is 1.76. The maximum atomic E-state index is 12.6. The number of pyridine rings is 1. The Balaban J connectivity index is 1.44. The number of ether oxygens (including phenoxy) is 3. The largest absolute Gasteiger partial charge is 0.491 e. The molecule has 0 radical (unpaired) electrons. The van der Waals surface area contributed by atoms with E-state index in [4.69, 9.17) is 14.2 Å². The summed E-state index contributed by atoms with van der Waals surface area (Å²) in [6.45, 7) is 2.47. The highest BCUT2D eigenvalue weighted by atomic mass is 32.2. The monoisotopic (exact) mass is 454 g/mol. The van der Waals surface area contributed by atoms with Crippen LogP contribution in [0.15, 0.2) is 52.7 Å². The molecule has 0 unspecified atom stereocenters. The lowest BCUT2D eigenvalue weighted by molar-refractivity contribution is -0.121. The van der Waals surface area contributed by atoms with Crippen molar-refractivity contribution in [3.8, 4) is 17.2 Å². The van der Waals surface area contributed by atoms with Crippen LogP contribution in [0, 0.1) is 6.92 Å². The van der Waals surface area contributed by atoms with Crippen molar-refractivity contribution in [1.82, 2.24) is 19.9 Å². The number of benzene rings is 1. The fourth-order valence-corrected chi connectivity index (χ4v) is 3.98. The zero-order valence-electron chi connectivity index (χ0n) is 17.7. The van der Waals surface area contributed by atoms with Gasteiger partial charge in [0.05, 0.1) is 13.3 Å². The number of hydrogen-bond donors (Lipinski definition) is 1. The minimum absolute atomic E-state index is 0.0335. The highest BCUT2D eigenvalue weighted by Gasteiger charge is 2.15. The van der Waals surface area contributed by atoms with Gasteiger partial charge in [-0.3, -0.25) is 9.59 Å². The van der Waals surface area contributed by atoms with Crippen LogP contribution in [0.1, 0.15) is 17.0 Å². The van der Waals surface area contributed by atoms with Crippen LogP contribution in [-0.2, 0) is 23.6 Å². The van der Waals surface area contributed by atoms with E-state index in [-0.39, 0.29) is 30.4 Å². The lowest BCUT2D eigenvalue weighted by Crippen LogP contribution is -2.28. The Kier molecular flexibility index (Phi) is 6.60. The lowest BCUT2D eigenvalue weighted by atomic mass is 10.2. The molecule has 0 fully saturated rings. The summed E-state index contributed by atoms with van der Waals surface area (Å²) in [6.07, 6.45) is 3.24. The van der Waals surface area contributed by atoms with Gasteiger partial charge in [-0.25, -0.2) is 9.97 Å². The number of amides is 1. The van der Waals surface area contributed by atoms with Gasteiger partial charge >= 0.3 is 0 Å². The van der Waals surface area contributed by atoms with Gasteiger partial charge in [-0.05, 0) is 30.7 Å². The summed E-state index contributed by atoms with van der Waals surface area (Å²) in [5, 5.41) is 3.50. The summed E-state index contributed by atoms with van der Waals surface area (Å²) >= 11 is 1.39. The predicted molar refractivity (Wildman–Crippen MR) is 118 cm³/mol. The minimum atomic E-state index is -0.245. The number of thioether (sulfide) groups is 1. The highest BCUT2D eigenvalue weighted by molar-refractivity contribution is 7.98. The van der Waals surface area contributed by atoms with Crippen molar-refractivity contribution in [3.63, 3.8) is 0 Å². The van der Waals surface area contributed by atoms with Crippen molar-refractivity contribution in [2.45, 2.75) is 30.9 Å². The summed E-state index contributed by atoms with van der Waals surface area (Å²) in [7, 11) is 1.43. The molecule has 1 amide bonds.